The Balaban J connectivity index is 2.25. The number of rotatable bonds is 7. The molecule has 1 aromatic carbocycles. The van der Waals surface area contributed by atoms with E-state index in [0.717, 1.165) is 34.5 Å². The van der Waals surface area contributed by atoms with Gasteiger partial charge in [-0.3, -0.25) is 0 Å². The Morgan fingerprint density at radius 3 is 2.82 bits per heavy atom. The van der Waals surface area contributed by atoms with E-state index in [4.69, 9.17) is 9.47 Å². The van der Waals surface area contributed by atoms with Gasteiger partial charge in [0.25, 0.3) is 0 Å². The molecule has 2 aromatic rings. The zero-order valence-corrected chi connectivity index (χ0v) is 14.1. The first-order valence-corrected chi connectivity index (χ1v) is 8.23. The molecule has 6 nitrogen and oxygen atoms in total. The van der Waals surface area contributed by atoms with Crippen molar-refractivity contribution >= 4 is 18.0 Å². The van der Waals surface area contributed by atoms with Gasteiger partial charge < -0.3 is 9.47 Å². The van der Waals surface area contributed by atoms with Gasteiger partial charge >= 0.3 is 0 Å². The van der Waals surface area contributed by atoms with Crippen LogP contribution in [-0.4, -0.2) is 41.1 Å². The van der Waals surface area contributed by atoms with Gasteiger partial charge in [-0.15, -0.1) is 10.2 Å². The summed E-state index contributed by atoms with van der Waals surface area (Å²) in [6.45, 7) is 4.59. The Labute approximate surface area is 134 Å². The predicted molar refractivity (Wildman–Crippen MR) is 88.3 cm³/mol. The van der Waals surface area contributed by atoms with Gasteiger partial charge in [0.05, 0.1) is 19.9 Å². The molecule has 118 valence electrons. The van der Waals surface area contributed by atoms with Crippen LogP contribution in [0.1, 0.15) is 24.7 Å². The Morgan fingerprint density at radius 1 is 1.32 bits per heavy atom. The van der Waals surface area contributed by atoms with Crippen LogP contribution in [0.4, 0.5) is 0 Å². The van der Waals surface area contributed by atoms with Gasteiger partial charge in [-0.05, 0) is 43.4 Å². The third-order valence-corrected chi connectivity index (χ3v) is 3.54. The molecule has 1 heterocycles. The molecule has 0 radical (unpaired) electrons. The van der Waals surface area contributed by atoms with Crippen LogP contribution in [0.2, 0.25) is 0 Å². The van der Waals surface area contributed by atoms with E-state index in [-0.39, 0.29) is 0 Å². The summed E-state index contributed by atoms with van der Waals surface area (Å²) in [5.41, 5.74) is 0.923. The SMILES string of the molecule is CCCOc1cc(/C=N\n2c(C)nnc2SC)ccc1OC. The van der Waals surface area contributed by atoms with Gasteiger partial charge in [-0.25, -0.2) is 0 Å². The number of hydrogen-bond acceptors (Lipinski definition) is 6. The monoisotopic (exact) mass is 320 g/mol. The lowest BCUT2D eigenvalue weighted by Crippen LogP contribution is -1.99. The highest BCUT2D eigenvalue weighted by Gasteiger charge is 2.07. The van der Waals surface area contributed by atoms with Crippen LogP contribution in [0.15, 0.2) is 28.5 Å². The van der Waals surface area contributed by atoms with E-state index in [1.807, 2.05) is 31.4 Å². The lowest BCUT2D eigenvalue weighted by Gasteiger charge is -2.10. The minimum atomic E-state index is 0.651. The zero-order chi connectivity index (χ0) is 15.9. The average Bonchev–Trinajstić information content (AvgIpc) is 2.91. The first kappa shape index (κ1) is 16.4. The molecule has 7 heteroatoms. The Kier molecular flexibility index (Phi) is 5.83. The Morgan fingerprint density at radius 2 is 2.14 bits per heavy atom. The first-order chi connectivity index (χ1) is 10.7. The van der Waals surface area contributed by atoms with E-state index in [1.165, 1.54) is 11.8 Å². The normalized spacial score (nSPS) is 11.1. The predicted octanol–water partition coefficient (Wildman–Crippen LogP) is 2.99. The van der Waals surface area contributed by atoms with E-state index in [0.29, 0.717) is 6.61 Å². The summed E-state index contributed by atoms with van der Waals surface area (Å²) in [6, 6.07) is 5.72. The molecule has 0 fully saturated rings. The van der Waals surface area contributed by atoms with Crippen LogP contribution in [0.3, 0.4) is 0 Å². The van der Waals surface area contributed by atoms with Crippen LogP contribution < -0.4 is 9.47 Å². The van der Waals surface area contributed by atoms with Crippen molar-refractivity contribution < 1.29 is 9.47 Å². The second kappa shape index (κ2) is 7.84. The molecule has 2 rings (SSSR count). The number of thioether (sulfide) groups is 1. The molecule has 0 spiro atoms. The van der Waals surface area contributed by atoms with Gasteiger partial charge in [0, 0.05) is 0 Å². The maximum atomic E-state index is 5.70. The number of methoxy groups -OCH3 is 1. The summed E-state index contributed by atoms with van der Waals surface area (Å²) in [5.74, 6) is 2.19. The quantitative estimate of drug-likeness (QED) is 0.580. The van der Waals surface area contributed by atoms with Gasteiger partial charge in [-0.2, -0.15) is 9.78 Å². The van der Waals surface area contributed by atoms with Crippen molar-refractivity contribution in [2.24, 2.45) is 5.10 Å². The smallest absolute Gasteiger partial charge is 0.211 e. The molecule has 0 saturated carbocycles. The van der Waals surface area contributed by atoms with Gasteiger partial charge in [0.2, 0.25) is 5.16 Å². The van der Waals surface area contributed by atoms with E-state index in [9.17, 15) is 0 Å². The zero-order valence-electron chi connectivity index (χ0n) is 13.2. The molecular weight excluding hydrogens is 300 g/mol. The van der Waals surface area contributed by atoms with Gasteiger partial charge in [0.15, 0.2) is 17.3 Å². The largest absolute Gasteiger partial charge is 0.493 e. The van der Waals surface area contributed by atoms with Crippen molar-refractivity contribution in [1.29, 1.82) is 0 Å². The molecule has 0 N–H and O–H groups in total. The number of hydrogen-bond donors (Lipinski definition) is 0. The second-order valence-electron chi connectivity index (χ2n) is 4.55. The van der Waals surface area contributed by atoms with E-state index in [2.05, 4.69) is 22.2 Å². The molecule has 0 atom stereocenters. The van der Waals surface area contributed by atoms with E-state index < -0.39 is 0 Å². The fourth-order valence-electron chi connectivity index (χ4n) is 1.82. The number of aromatic nitrogens is 3. The molecule has 0 amide bonds. The van der Waals surface area contributed by atoms with E-state index >= 15 is 0 Å². The van der Waals surface area contributed by atoms with Crippen molar-refractivity contribution in [2.75, 3.05) is 20.0 Å². The Bertz CT molecular complexity index is 655. The molecule has 0 aliphatic rings. The van der Waals surface area contributed by atoms with Crippen LogP contribution in [0.5, 0.6) is 11.5 Å². The minimum absolute atomic E-state index is 0.651. The van der Waals surface area contributed by atoms with Crippen molar-refractivity contribution in [3.05, 3.63) is 29.6 Å². The molecule has 0 saturated heterocycles. The lowest BCUT2D eigenvalue weighted by molar-refractivity contribution is 0.294. The third-order valence-electron chi connectivity index (χ3n) is 2.92. The van der Waals surface area contributed by atoms with Gasteiger partial charge in [0.1, 0.15) is 0 Å². The van der Waals surface area contributed by atoms with Crippen molar-refractivity contribution in [3.8, 4) is 11.5 Å². The maximum absolute atomic E-state index is 5.70. The number of ether oxygens (including phenoxy) is 2. The summed E-state index contributed by atoms with van der Waals surface area (Å²) in [7, 11) is 1.63. The Hall–Kier alpha value is -2.02. The van der Waals surface area contributed by atoms with Gasteiger partial charge in [-0.1, -0.05) is 18.7 Å². The van der Waals surface area contributed by atoms with Crippen LogP contribution in [-0.2, 0) is 0 Å². The summed E-state index contributed by atoms with van der Waals surface area (Å²) in [6.07, 6.45) is 4.65. The fraction of sp³-hybridized carbons (Fsp3) is 0.400. The second-order valence-corrected chi connectivity index (χ2v) is 5.32. The van der Waals surface area contributed by atoms with Crippen molar-refractivity contribution in [1.82, 2.24) is 14.9 Å². The highest BCUT2D eigenvalue weighted by Crippen LogP contribution is 2.27. The molecule has 22 heavy (non-hydrogen) atoms. The minimum Gasteiger partial charge on any atom is -0.493 e. The number of nitrogens with zero attached hydrogens (tertiary/aromatic N) is 4. The lowest BCUT2D eigenvalue weighted by atomic mass is 10.2. The number of benzene rings is 1. The molecule has 1 aromatic heterocycles. The highest BCUT2D eigenvalue weighted by molar-refractivity contribution is 7.98. The fourth-order valence-corrected chi connectivity index (χ4v) is 2.30. The highest BCUT2D eigenvalue weighted by atomic mass is 32.2. The summed E-state index contributed by atoms with van der Waals surface area (Å²) in [4.78, 5) is 0. The molecule has 0 aliphatic carbocycles. The number of aryl methyl sites for hydroxylation is 1. The van der Waals surface area contributed by atoms with Crippen molar-refractivity contribution in [2.45, 2.75) is 25.4 Å². The first-order valence-electron chi connectivity index (χ1n) is 7.00. The topological polar surface area (TPSA) is 61.5 Å². The third kappa shape index (κ3) is 3.79. The van der Waals surface area contributed by atoms with Crippen LogP contribution in [0.25, 0.3) is 0 Å². The summed E-state index contributed by atoms with van der Waals surface area (Å²) in [5, 5.41) is 13.3. The van der Waals surface area contributed by atoms with Crippen LogP contribution >= 0.6 is 11.8 Å². The summed E-state index contributed by atoms with van der Waals surface area (Å²) < 4.78 is 12.7. The molecule has 0 aliphatic heterocycles. The van der Waals surface area contributed by atoms with Crippen LogP contribution in [0, 0.1) is 6.92 Å². The maximum Gasteiger partial charge on any atom is 0.211 e. The molecule has 0 bridgehead atoms. The van der Waals surface area contributed by atoms with E-state index in [1.54, 1.807) is 18.0 Å². The standard InChI is InChI=1S/C15H20N4O2S/c1-5-8-21-14-9-12(6-7-13(14)20-3)10-16-19-11(2)17-18-15(19)22-4/h6-7,9-10H,5,8H2,1-4H3/b16-10-. The summed E-state index contributed by atoms with van der Waals surface area (Å²) >= 11 is 1.50. The van der Waals surface area contributed by atoms with Crippen molar-refractivity contribution in [3.63, 3.8) is 0 Å². The molecule has 0 unspecified atom stereocenters. The molecular formula is C15H20N4O2S. The average molecular weight is 320 g/mol.